The van der Waals surface area contributed by atoms with E-state index in [-0.39, 0.29) is 17.6 Å². The summed E-state index contributed by atoms with van der Waals surface area (Å²) in [6.45, 7) is 6.64. The van der Waals surface area contributed by atoms with E-state index in [1.54, 1.807) is 0 Å². The summed E-state index contributed by atoms with van der Waals surface area (Å²) in [6, 6.07) is 41.3. The maximum absolute atomic E-state index is 12.3. The molecule has 2 aliphatic rings. The van der Waals surface area contributed by atoms with E-state index in [1.807, 2.05) is 55.5 Å². The summed E-state index contributed by atoms with van der Waals surface area (Å²) in [5.74, 6) is 0.698. The van der Waals surface area contributed by atoms with Crippen molar-refractivity contribution in [3.8, 4) is 0 Å². The lowest BCUT2D eigenvalue weighted by Gasteiger charge is -2.40. The Balaban J connectivity index is 1.63. The minimum absolute atomic E-state index is 0.215. The van der Waals surface area contributed by atoms with Crippen LogP contribution in [0.4, 0.5) is 0 Å². The average molecular weight is 503 g/mol. The molecular formula is C34H34N2O2. The van der Waals surface area contributed by atoms with Crippen molar-refractivity contribution >= 4 is 5.90 Å². The van der Waals surface area contributed by atoms with Gasteiger partial charge < -0.3 is 9.84 Å². The summed E-state index contributed by atoms with van der Waals surface area (Å²) in [5.41, 5.74) is 2.12. The number of rotatable bonds is 7. The zero-order valence-electron chi connectivity index (χ0n) is 22.2. The predicted molar refractivity (Wildman–Crippen MR) is 152 cm³/mol. The Morgan fingerprint density at radius 3 is 1.47 bits per heavy atom. The van der Waals surface area contributed by atoms with Crippen LogP contribution in [-0.2, 0) is 15.9 Å². The molecule has 0 bridgehead atoms. The highest BCUT2D eigenvalue weighted by atomic mass is 16.5. The van der Waals surface area contributed by atoms with Crippen LogP contribution in [0.25, 0.3) is 0 Å². The van der Waals surface area contributed by atoms with Gasteiger partial charge in [0.05, 0.1) is 17.1 Å². The second-order valence-corrected chi connectivity index (χ2v) is 11.2. The molecule has 4 aromatic carbocycles. The second-order valence-electron chi connectivity index (χ2n) is 11.2. The van der Waals surface area contributed by atoms with Crippen molar-refractivity contribution in [1.82, 2.24) is 4.90 Å². The molecule has 0 saturated carbocycles. The second kappa shape index (κ2) is 9.23. The fourth-order valence-corrected chi connectivity index (χ4v) is 6.18. The molecule has 4 heteroatoms. The number of ether oxygens (including phenoxy) is 1. The number of hydrogen-bond donors (Lipinski definition) is 1. The molecule has 6 rings (SSSR count). The van der Waals surface area contributed by atoms with Gasteiger partial charge in [0.2, 0.25) is 5.90 Å². The number of hydrogen-bond acceptors (Lipinski definition) is 4. The van der Waals surface area contributed by atoms with Crippen molar-refractivity contribution in [3.63, 3.8) is 0 Å². The molecule has 0 aliphatic carbocycles. The summed E-state index contributed by atoms with van der Waals surface area (Å²) in [7, 11) is 0. The molecule has 4 nitrogen and oxygen atoms in total. The highest BCUT2D eigenvalue weighted by molar-refractivity contribution is 5.88. The molecule has 2 aliphatic heterocycles. The minimum Gasteiger partial charge on any atom is -0.477 e. The highest BCUT2D eigenvalue weighted by Crippen LogP contribution is 2.57. The molecular weight excluding hydrogens is 468 g/mol. The summed E-state index contributed by atoms with van der Waals surface area (Å²) < 4.78 is 6.28. The Morgan fingerprint density at radius 2 is 1.11 bits per heavy atom. The van der Waals surface area contributed by atoms with E-state index in [0.29, 0.717) is 12.5 Å². The fraction of sp³-hybridized carbons (Fsp3) is 0.265. The Hall–Kier alpha value is -3.73. The van der Waals surface area contributed by atoms with Crippen molar-refractivity contribution in [3.05, 3.63) is 144 Å². The van der Waals surface area contributed by atoms with Crippen LogP contribution in [0.3, 0.4) is 0 Å². The number of aliphatic hydroxyl groups is 1. The summed E-state index contributed by atoms with van der Waals surface area (Å²) >= 11 is 0. The third kappa shape index (κ3) is 3.96. The fourth-order valence-electron chi connectivity index (χ4n) is 6.18. The molecule has 0 spiro atoms. The molecule has 0 radical (unpaired) electrons. The summed E-state index contributed by atoms with van der Waals surface area (Å²) in [5, 5.41) is 12.3. The van der Waals surface area contributed by atoms with Crippen molar-refractivity contribution < 1.29 is 9.84 Å². The first-order valence-corrected chi connectivity index (χ1v) is 13.3. The molecule has 1 N–H and O–H groups in total. The maximum Gasteiger partial charge on any atom is 0.203 e. The third-order valence-electron chi connectivity index (χ3n) is 7.94. The quantitative estimate of drug-likeness (QED) is 0.244. The Bertz CT molecular complexity index is 1320. The Kier molecular flexibility index (Phi) is 5.97. The minimum atomic E-state index is -1.16. The molecule has 38 heavy (non-hydrogen) atoms. The van der Waals surface area contributed by atoms with Gasteiger partial charge in [0.1, 0.15) is 18.2 Å². The zero-order chi connectivity index (χ0) is 26.4. The Morgan fingerprint density at radius 1 is 0.711 bits per heavy atom. The van der Waals surface area contributed by atoms with Crippen molar-refractivity contribution in [2.75, 3.05) is 6.61 Å². The highest BCUT2D eigenvalue weighted by Gasteiger charge is 2.69. The van der Waals surface area contributed by atoms with Crippen LogP contribution in [0, 0.1) is 0 Å². The van der Waals surface area contributed by atoms with E-state index < -0.39 is 11.1 Å². The van der Waals surface area contributed by atoms with E-state index in [4.69, 9.17) is 9.73 Å². The van der Waals surface area contributed by atoms with E-state index in [9.17, 15) is 5.11 Å². The number of nitrogens with zero attached hydrogens (tertiary/aromatic N) is 2. The van der Waals surface area contributed by atoms with Gasteiger partial charge in [-0.2, -0.15) is 0 Å². The van der Waals surface area contributed by atoms with E-state index in [1.165, 1.54) is 0 Å². The molecule has 0 amide bonds. The average Bonchev–Trinajstić information content (AvgIpc) is 3.60. The van der Waals surface area contributed by atoms with Crippen LogP contribution in [0.2, 0.25) is 0 Å². The molecule has 4 aromatic rings. The largest absolute Gasteiger partial charge is 0.477 e. The first kappa shape index (κ1) is 24.6. The van der Waals surface area contributed by atoms with Gasteiger partial charge in [-0.3, -0.25) is 4.90 Å². The van der Waals surface area contributed by atoms with Gasteiger partial charge in [0.25, 0.3) is 0 Å². The first-order chi connectivity index (χ1) is 18.4. The number of benzene rings is 4. The lowest BCUT2D eigenvalue weighted by molar-refractivity contribution is 0.0333. The topological polar surface area (TPSA) is 44.8 Å². The Labute approximate surface area is 225 Å². The van der Waals surface area contributed by atoms with Crippen LogP contribution in [0.1, 0.15) is 43.0 Å². The van der Waals surface area contributed by atoms with Crippen LogP contribution < -0.4 is 0 Å². The van der Waals surface area contributed by atoms with Gasteiger partial charge in [-0.05, 0) is 43.0 Å². The monoisotopic (exact) mass is 502 g/mol. The van der Waals surface area contributed by atoms with E-state index >= 15 is 0 Å². The standard InChI is InChI=1S/C34H34N2O2/c1-32(2)24-38-31(35-32)29-30(33(3,37)25-16-8-4-9-17-25)36(29)34(26-18-10-5-11-19-26,27-20-12-6-13-21-27)28-22-14-7-15-23-28/h4-23,29-30,37H,24H2,1-3H3/t29?,30?,33-,36?/m1/s1. The van der Waals surface area contributed by atoms with Crippen LogP contribution in [-0.4, -0.2) is 40.1 Å². The van der Waals surface area contributed by atoms with E-state index in [0.717, 1.165) is 22.3 Å². The molecule has 1 fully saturated rings. The van der Waals surface area contributed by atoms with Gasteiger partial charge in [-0.1, -0.05) is 121 Å². The van der Waals surface area contributed by atoms with E-state index in [2.05, 4.69) is 91.5 Å². The van der Waals surface area contributed by atoms with Crippen LogP contribution in [0.15, 0.2) is 126 Å². The van der Waals surface area contributed by atoms with Crippen molar-refractivity contribution in [2.24, 2.45) is 4.99 Å². The molecule has 192 valence electrons. The lowest BCUT2D eigenvalue weighted by atomic mass is 9.76. The molecule has 1 saturated heterocycles. The predicted octanol–water partition coefficient (Wildman–Crippen LogP) is 6.15. The first-order valence-electron chi connectivity index (χ1n) is 13.3. The van der Waals surface area contributed by atoms with Gasteiger partial charge in [-0.25, -0.2) is 4.99 Å². The van der Waals surface area contributed by atoms with Crippen molar-refractivity contribution in [1.29, 1.82) is 0 Å². The molecule has 4 atom stereocenters. The molecule has 2 heterocycles. The molecule has 0 aromatic heterocycles. The van der Waals surface area contributed by atoms with Crippen LogP contribution >= 0.6 is 0 Å². The van der Waals surface area contributed by atoms with Gasteiger partial charge in [0.15, 0.2) is 0 Å². The summed E-state index contributed by atoms with van der Waals surface area (Å²) in [6.07, 6.45) is 0. The van der Waals surface area contributed by atoms with Gasteiger partial charge in [-0.15, -0.1) is 0 Å². The SMILES string of the molecule is CC1(C)COC(C2C([C@](C)(O)c3ccccc3)N2C(c2ccccc2)(c2ccccc2)c2ccccc2)=N1. The normalized spacial score (nSPS) is 23.7. The third-order valence-corrected chi connectivity index (χ3v) is 7.94. The zero-order valence-corrected chi connectivity index (χ0v) is 22.2. The van der Waals surface area contributed by atoms with Crippen LogP contribution in [0.5, 0.6) is 0 Å². The van der Waals surface area contributed by atoms with Gasteiger partial charge in [0, 0.05) is 0 Å². The van der Waals surface area contributed by atoms with Crippen molar-refractivity contribution in [2.45, 2.75) is 49.5 Å². The maximum atomic E-state index is 12.3. The molecule has 3 unspecified atom stereocenters. The number of aliphatic imine (C=N–C) groups is 1. The summed E-state index contributed by atoms with van der Waals surface area (Å²) in [4.78, 5) is 7.44. The smallest absolute Gasteiger partial charge is 0.203 e. The van der Waals surface area contributed by atoms with Gasteiger partial charge >= 0.3 is 0 Å². The lowest BCUT2D eigenvalue weighted by Crippen LogP contribution is -2.43.